The highest BCUT2D eigenvalue weighted by molar-refractivity contribution is 5.99. The summed E-state index contributed by atoms with van der Waals surface area (Å²) in [6.45, 7) is 0. The highest BCUT2D eigenvalue weighted by atomic mass is 16.5. The van der Waals surface area contributed by atoms with Gasteiger partial charge in [0.1, 0.15) is 22.9 Å². The van der Waals surface area contributed by atoms with Gasteiger partial charge in [0.15, 0.2) is 0 Å². The molecule has 0 spiro atoms. The molecule has 4 rings (SSSR count). The van der Waals surface area contributed by atoms with E-state index < -0.39 is 6.09 Å². The normalized spacial score (nSPS) is 10.9. The van der Waals surface area contributed by atoms with Gasteiger partial charge >= 0.3 is 6.09 Å². The van der Waals surface area contributed by atoms with Crippen LogP contribution in [0.25, 0.3) is 27.7 Å². The van der Waals surface area contributed by atoms with E-state index in [1.54, 1.807) is 7.11 Å². The zero-order valence-corrected chi connectivity index (χ0v) is 14.9. The average molecular weight is 362 g/mol. The molecule has 0 atom stereocenters. The van der Waals surface area contributed by atoms with Crippen molar-refractivity contribution < 1.29 is 14.3 Å². The number of nitrogen functional groups attached to an aromatic ring is 1. The average Bonchev–Trinajstić information content (AvgIpc) is 3.05. The molecule has 0 saturated heterocycles. The van der Waals surface area contributed by atoms with Gasteiger partial charge in [-0.15, -0.1) is 0 Å². The second-order valence-corrected chi connectivity index (χ2v) is 6.00. The van der Waals surface area contributed by atoms with Crippen molar-refractivity contribution in [3.05, 3.63) is 54.7 Å². The maximum Gasteiger partial charge on any atom is 0.411 e. The number of nitrogens with one attached hydrogen (secondary N) is 1. The summed E-state index contributed by atoms with van der Waals surface area (Å²) in [7, 11) is 2.95. The maximum absolute atomic E-state index is 11.5. The zero-order valence-electron chi connectivity index (χ0n) is 14.9. The topological polar surface area (TPSA) is 90.9 Å². The number of carbonyl (C=O) groups excluding carboxylic acids is 1. The Bertz CT molecular complexity index is 1150. The van der Waals surface area contributed by atoms with Crippen molar-refractivity contribution in [3.8, 4) is 17.0 Å². The number of aromatic nitrogens is 2. The Kier molecular flexibility index (Phi) is 4.04. The van der Waals surface area contributed by atoms with Crippen LogP contribution in [0.1, 0.15) is 0 Å². The van der Waals surface area contributed by atoms with Crippen LogP contribution in [0.15, 0.2) is 54.7 Å². The minimum absolute atomic E-state index is 0.525. The van der Waals surface area contributed by atoms with Crippen LogP contribution >= 0.6 is 0 Å². The van der Waals surface area contributed by atoms with Crippen LogP contribution in [0, 0.1) is 0 Å². The summed E-state index contributed by atoms with van der Waals surface area (Å²) in [5.41, 5.74) is 9.27. The van der Waals surface area contributed by atoms with Crippen LogP contribution < -0.4 is 15.8 Å². The largest absolute Gasteiger partial charge is 0.497 e. The number of pyridine rings is 1. The van der Waals surface area contributed by atoms with Crippen LogP contribution in [0.2, 0.25) is 0 Å². The van der Waals surface area contributed by atoms with Gasteiger partial charge in [-0.05, 0) is 47.9 Å². The van der Waals surface area contributed by atoms with Crippen molar-refractivity contribution in [1.82, 2.24) is 9.38 Å². The van der Waals surface area contributed by atoms with Crippen LogP contribution in [-0.4, -0.2) is 29.7 Å². The van der Waals surface area contributed by atoms with Crippen molar-refractivity contribution in [3.63, 3.8) is 0 Å². The van der Waals surface area contributed by atoms with E-state index in [4.69, 9.17) is 15.5 Å². The Morgan fingerprint density at radius 1 is 1.11 bits per heavy atom. The second-order valence-electron chi connectivity index (χ2n) is 6.00. The molecule has 7 nitrogen and oxygen atoms in total. The summed E-state index contributed by atoms with van der Waals surface area (Å²) in [5.74, 6) is 1.31. The van der Waals surface area contributed by atoms with Crippen LogP contribution in [0.4, 0.5) is 16.3 Å². The number of methoxy groups -OCH3 is 2. The van der Waals surface area contributed by atoms with Crippen molar-refractivity contribution in [2.24, 2.45) is 0 Å². The van der Waals surface area contributed by atoms with Crippen molar-refractivity contribution >= 4 is 34.0 Å². The third kappa shape index (κ3) is 2.89. The SMILES string of the molecule is COC(=O)Nc1ccc2ccn3c(N)c(-c4ccc(OC)cc4)nc3c2c1. The molecule has 2 heterocycles. The Morgan fingerprint density at radius 2 is 1.89 bits per heavy atom. The Hall–Kier alpha value is -3.74. The molecule has 0 aliphatic rings. The number of ether oxygens (including phenoxy) is 2. The van der Waals surface area contributed by atoms with E-state index in [1.807, 2.05) is 59.1 Å². The first-order valence-corrected chi connectivity index (χ1v) is 8.30. The third-order valence-corrected chi connectivity index (χ3v) is 4.44. The summed E-state index contributed by atoms with van der Waals surface area (Å²) in [6.07, 6.45) is 1.36. The summed E-state index contributed by atoms with van der Waals surface area (Å²) in [5, 5.41) is 4.53. The van der Waals surface area contributed by atoms with Crippen LogP contribution in [0.3, 0.4) is 0 Å². The first kappa shape index (κ1) is 16.7. The summed E-state index contributed by atoms with van der Waals surface area (Å²) >= 11 is 0. The van der Waals surface area contributed by atoms with E-state index in [0.29, 0.717) is 22.8 Å². The Morgan fingerprint density at radius 3 is 2.59 bits per heavy atom. The second kappa shape index (κ2) is 6.53. The number of anilines is 2. The molecule has 1 amide bonds. The van der Waals surface area contributed by atoms with E-state index in [1.165, 1.54) is 7.11 Å². The molecular weight excluding hydrogens is 344 g/mol. The number of rotatable bonds is 3. The number of nitrogens with zero attached hydrogens (tertiary/aromatic N) is 2. The fourth-order valence-electron chi connectivity index (χ4n) is 3.04. The number of benzene rings is 2. The predicted octanol–water partition coefficient (Wildman–Crippen LogP) is 3.92. The number of imidazole rings is 1. The lowest BCUT2D eigenvalue weighted by atomic mass is 10.1. The molecule has 7 heteroatoms. The molecular formula is C20H18N4O3. The van der Waals surface area contributed by atoms with Crippen LogP contribution in [0.5, 0.6) is 5.75 Å². The van der Waals surface area contributed by atoms with Gasteiger partial charge in [-0.25, -0.2) is 9.78 Å². The molecule has 4 aromatic rings. The van der Waals surface area contributed by atoms with Gasteiger partial charge < -0.3 is 15.2 Å². The highest BCUT2D eigenvalue weighted by Gasteiger charge is 2.14. The first-order chi connectivity index (χ1) is 13.1. The molecule has 0 fully saturated rings. The smallest absolute Gasteiger partial charge is 0.411 e. The maximum atomic E-state index is 11.5. The molecule has 0 bridgehead atoms. The van der Waals surface area contributed by atoms with Gasteiger partial charge in [0, 0.05) is 22.8 Å². The van der Waals surface area contributed by atoms with Crippen molar-refractivity contribution in [1.29, 1.82) is 0 Å². The van der Waals surface area contributed by atoms with Crippen molar-refractivity contribution in [2.45, 2.75) is 0 Å². The van der Waals surface area contributed by atoms with E-state index in [-0.39, 0.29) is 0 Å². The number of hydrogen-bond acceptors (Lipinski definition) is 5. The minimum Gasteiger partial charge on any atom is -0.497 e. The quantitative estimate of drug-likeness (QED) is 0.576. The summed E-state index contributed by atoms with van der Waals surface area (Å²) in [4.78, 5) is 16.3. The Balaban J connectivity index is 1.87. The predicted molar refractivity (Wildman–Crippen MR) is 105 cm³/mol. The van der Waals surface area contributed by atoms with E-state index in [0.717, 1.165) is 22.1 Å². The van der Waals surface area contributed by atoms with Gasteiger partial charge in [-0.2, -0.15) is 0 Å². The molecule has 0 aliphatic carbocycles. The zero-order chi connectivity index (χ0) is 19.0. The Labute approximate surface area is 155 Å². The summed E-state index contributed by atoms with van der Waals surface area (Å²) < 4.78 is 11.7. The number of carbonyl (C=O) groups is 1. The third-order valence-electron chi connectivity index (χ3n) is 4.44. The molecule has 2 aromatic carbocycles. The van der Waals surface area contributed by atoms with E-state index >= 15 is 0 Å². The molecule has 3 N–H and O–H groups in total. The van der Waals surface area contributed by atoms with Gasteiger partial charge in [0.2, 0.25) is 0 Å². The number of nitrogens with two attached hydrogens (primary N) is 1. The van der Waals surface area contributed by atoms with Gasteiger partial charge in [-0.1, -0.05) is 6.07 Å². The van der Waals surface area contributed by atoms with Crippen LogP contribution in [-0.2, 0) is 4.74 Å². The first-order valence-electron chi connectivity index (χ1n) is 8.30. The number of hydrogen-bond donors (Lipinski definition) is 2. The number of amides is 1. The molecule has 0 aliphatic heterocycles. The monoisotopic (exact) mass is 362 g/mol. The molecule has 0 unspecified atom stereocenters. The van der Waals surface area contributed by atoms with E-state index in [9.17, 15) is 4.79 Å². The fourth-order valence-corrected chi connectivity index (χ4v) is 3.04. The fraction of sp³-hybridized carbons (Fsp3) is 0.100. The standard InChI is InChI=1S/C20H18N4O3/c1-26-15-7-4-13(5-8-15)17-18(21)24-10-9-12-3-6-14(22-20(25)27-2)11-16(12)19(24)23-17/h3-11H,21H2,1-2H3,(H,22,25). The lowest BCUT2D eigenvalue weighted by molar-refractivity contribution is 0.187. The molecule has 136 valence electrons. The molecule has 27 heavy (non-hydrogen) atoms. The minimum atomic E-state index is -0.525. The molecule has 2 aromatic heterocycles. The molecule has 0 radical (unpaired) electrons. The lowest BCUT2D eigenvalue weighted by Crippen LogP contribution is -2.10. The van der Waals surface area contributed by atoms with Gasteiger partial charge in [-0.3, -0.25) is 9.72 Å². The number of fused-ring (bicyclic) bond motifs is 3. The van der Waals surface area contributed by atoms with Gasteiger partial charge in [0.25, 0.3) is 0 Å². The lowest BCUT2D eigenvalue weighted by Gasteiger charge is -2.06. The van der Waals surface area contributed by atoms with E-state index in [2.05, 4.69) is 10.1 Å². The van der Waals surface area contributed by atoms with Gasteiger partial charge in [0.05, 0.1) is 14.2 Å². The molecule has 0 saturated carbocycles. The van der Waals surface area contributed by atoms with Crippen molar-refractivity contribution in [2.75, 3.05) is 25.3 Å². The highest BCUT2D eigenvalue weighted by Crippen LogP contribution is 2.31. The summed E-state index contributed by atoms with van der Waals surface area (Å²) in [6, 6.07) is 15.1.